The smallest absolute Gasteiger partial charge is 0.376 e. The Morgan fingerprint density at radius 2 is 1.68 bits per heavy atom. The Hall–Kier alpha value is -3.66. The van der Waals surface area contributed by atoms with E-state index in [0.717, 1.165) is 54.7 Å². The van der Waals surface area contributed by atoms with E-state index in [4.69, 9.17) is 4.74 Å². The van der Waals surface area contributed by atoms with E-state index in [-0.39, 0.29) is 42.3 Å². The lowest BCUT2D eigenvalue weighted by atomic mass is 9.90. The minimum Gasteiger partial charge on any atom is -0.376 e. The van der Waals surface area contributed by atoms with Gasteiger partial charge >= 0.3 is 12.4 Å². The van der Waals surface area contributed by atoms with Gasteiger partial charge in [0.1, 0.15) is 0 Å². The number of rotatable bonds is 9. The van der Waals surface area contributed by atoms with Crippen LogP contribution in [0, 0.1) is 17.2 Å². The average Bonchev–Trinajstić information content (AvgIpc) is 3.34. The van der Waals surface area contributed by atoms with Crippen molar-refractivity contribution in [1.29, 1.82) is 5.26 Å². The average molecular weight is 567 g/mol. The molecule has 4 rings (SSSR count). The molecule has 40 heavy (non-hydrogen) atoms. The third-order valence-corrected chi connectivity index (χ3v) is 6.83. The molecular weight excluding hydrogens is 538 g/mol. The summed E-state index contributed by atoms with van der Waals surface area (Å²) < 4.78 is 87.2. The first-order valence-electron chi connectivity index (χ1n) is 12.8. The number of hydrogen-bond acceptors (Lipinski definition) is 6. The van der Waals surface area contributed by atoms with Crippen molar-refractivity contribution in [2.75, 3.05) is 11.5 Å². The monoisotopic (exact) mass is 566 g/mol. The van der Waals surface area contributed by atoms with Crippen LogP contribution in [-0.2, 0) is 43.8 Å². The van der Waals surface area contributed by atoms with Gasteiger partial charge in [-0.25, -0.2) is 0 Å². The van der Waals surface area contributed by atoms with Gasteiger partial charge in [-0.3, -0.25) is 0 Å². The van der Waals surface area contributed by atoms with Gasteiger partial charge in [0.15, 0.2) is 0 Å². The summed E-state index contributed by atoms with van der Waals surface area (Å²) in [5, 5.41) is 21.1. The molecule has 1 aliphatic rings. The highest BCUT2D eigenvalue weighted by molar-refractivity contribution is 5.42. The number of alkyl halides is 6. The summed E-state index contributed by atoms with van der Waals surface area (Å²) in [6, 6.07) is 8.00. The number of anilines is 1. The zero-order valence-electron chi connectivity index (χ0n) is 21.8. The molecule has 0 spiro atoms. The SMILES string of the molecule is Cn1nnc(N(Cc2cc(C#N)cc(C(F)(F)F)c2)Cc2cc(C(F)(F)F)ccc2COCC2CCCCC2)n1. The van der Waals surface area contributed by atoms with Crippen molar-refractivity contribution in [2.45, 2.75) is 64.2 Å². The van der Waals surface area contributed by atoms with E-state index in [0.29, 0.717) is 18.1 Å². The lowest BCUT2D eigenvalue weighted by Gasteiger charge is -2.24. The van der Waals surface area contributed by atoms with Gasteiger partial charge in [0.25, 0.3) is 5.95 Å². The highest BCUT2D eigenvalue weighted by atomic mass is 19.4. The highest BCUT2D eigenvalue weighted by Gasteiger charge is 2.33. The molecule has 3 aromatic rings. The number of nitrogens with zero attached hydrogens (tertiary/aromatic N) is 6. The van der Waals surface area contributed by atoms with Gasteiger partial charge in [-0.15, -0.1) is 5.10 Å². The van der Waals surface area contributed by atoms with Gasteiger partial charge < -0.3 is 9.64 Å². The fourth-order valence-corrected chi connectivity index (χ4v) is 4.82. The number of halogens is 6. The van der Waals surface area contributed by atoms with Gasteiger partial charge in [-0.2, -0.15) is 36.4 Å². The summed E-state index contributed by atoms with van der Waals surface area (Å²) in [6.07, 6.45) is -3.75. The minimum atomic E-state index is -4.69. The first kappa shape index (κ1) is 29.3. The first-order chi connectivity index (χ1) is 18.9. The Bertz CT molecular complexity index is 1340. The van der Waals surface area contributed by atoms with Gasteiger partial charge in [0.2, 0.25) is 0 Å². The van der Waals surface area contributed by atoms with Gasteiger partial charge in [0, 0.05) is 19.7 Å². The molecule has 0 amide bonds. The molecule has 7 nitrogen and oxygen atoms in total. The summed E-state index contributed by atoms with van der Waals surface area (Å²) in [5.41, 5.74) is -1.19. The van der Waals surface area contributed by atoms with Crippen molar-refractivity contribution in [3.05, 3.63) is 69.8 Å². The molecule has 13 heteroatoms. The van der Waals surface area contributed by atoms with Crippen LogP contribution in [0.4, 0.5) is 32.3 Å². The number of aromatic nitrogens is 4. The van der Waals surface area contributed by atoms with Crippen molar-refractivity contribution >= 4 is 5.95 Å². The van der Waals surface area contributed by atoms with Crippen molar-refractivity contribution in [3.63, 3.8) is 0 Å². The van der Waals surface area contributed by atoms with Crippen molar-refractivity contribution in [2.24, 2.45) is 13.0 Å². The number of benzene rings is 2. The van der Waals surface area contributed by atoms with Crippen LogP contribution in [0.25, 0.3) is 0 Å². The third kappa shape index (κ3) is 7.71. The van der Waals surface area contributed by atoms with Crippen LogP contribution in [-0.4, -0.2) is 26.8 Å². The second-order valence-corrected chi connectivity index (χ2v) is 9.96. The normalized spacial score (nSPS) is 14.8. The number of tetrazole rings is 1. The molecule has 0 aliphatic heterocycles. The Labute approximate surface area is 227 Å². The zero-order valence-corrected chi connectivity index (χ0v) is 21.8. The molecule has 0 unspecified atom stereocenters. The lowest BCUT2D eigenvalue weighted by molar-refractivity contribution is -0.138. The maximum atomic E-state index is 13.6. The second kappa shape index (κ2) is 12.2. The second-order valence-electron chi connectivity index (χ2n) is 9.96. The maximum Gasteiger partial charge on any atom is 0.416 e. The van der Waals surface area contributed by atoms with Crippen molar-refractivity contribution in [1.82, 2.24) is 20.2 Å². The van der Waals surface area contributed by atoms with E-state index >= 15 is 0 Å². The molecule has 214 valence electrons. The Balaban J connectivity index is 1.65. The van der Waals surface area contributed by atoms with Crippen LogP contribution in [0.1, 0.15) is 65.5 Å². The third-order valence-electron chi connectivity index (χ3n) is 6.83. The zero-order chi connectivity index (χ0) is 28.9. The summed E-state index contributed by atoms with van der Waals surface area (Å²) in [6.45, 7) is 0.184. The number of hydrogen-bond donors (Lipinski definition) is 0. The van der Waals surface area contributed by atoms with Gasteiger partial charge in [-0.1, -0.05) is 30.4 Å². The van der Waals surface area contributed by atoms with Crippen molar-refractivity contribution in [3.8, 4) is 6.07 Å². The van der Waals surface area contributed by atoms with E-state index in [1.807, 2.05) is 0 Å². The molecular formula is C27H28F6N6O. The van der Waals surface area contributed by atoms with E-state index in [1.165, 1.54) is 30.5 Å². The molecule has 0 atom stereocenters. The number of nitriles is 1. The van der Waals surface area contributed by atoms with Gasteiger partial charge in [0.05, 0.1) is 36.4 Å². The lowest BCUT2D eigenvalue weighted by Crippen LogP contribution is -2.25. The molecule has 0 saturated heterocycles. The Kier molecular flexibility index (Phi) is 8.98. The topological polar surface area (TPSA) is 79.9 Å². The first-order valence-corrected chi connectivity index (χ1v) is 12.8. The summed E-state index contributed by atoms with van der Waals surface area (Å²) in [7, 11) is 1.49. The summed E-state index contributed by atoms with van der Waals surface area (Å²) >= 11 is 0. The molecule has 1 heterocycles. The van der Waals surface area contributed by atoms with Crippen LogP contribution in [0.2, 0.25) is 0 Å². The Morgan fingerprint density at radius 3 is 2.30 bits per heavy atom. The van der Waals surface area contributed by atoms with Crippen LogP contribution in [0.3, 0.4) is 0 Å². The molecule has 0 N–H and O–H groups in total. The number of aryl methyl sites for hydroxylation is 1. The van der Waals surface area contributed by atoms with Crippen LogP contribution >= 0.6 is 0 Å². The molecule has 0 bridgehead atoms. The van der Waals surface area contributed by atoms with E-state index < -0.39 is 23.5 Å². The standard InChI is InChI=1S/C27H28F6N6O/c1-38-36-25(35-37-38)39(14-20-9-19(13-34)10-24(11-20)27(31,32)33)15-22-12-23(26(28,29)30)8-7-21(22)17-40-16-18-5-3-2-4-6-18/h7-12,18H,2-6,14-17H2,1H3. The van der Waals surface area contributed by atoms with E-state index in [2.05, 4.69) is 15.4 Å². The largest absolute Gasteiger partial charge is 0.416 e. The van der Waals surface area contributed by atoms with Crippen LogP contribution < -0.4 is 4.90 Å². The summed E-state index contributed by atoms with van der Waals surface area (Å²) in [5.74, 6) is 0.409. The molecule has 2 aromatic carbocycles. The van der Waals surface area contributed by atoms with Crippen molar-refractivity contribution < 1.29 is 31.1 Å². The fourth-order valence-electron chi connectivity index (χ4n) is 4.82. The molecule has 1 aliphatic carbocycles. The quantitative estimate of drug-likeness (QED) is 0.278. The summed E-state index contributed by atoms with van der Waals surface area (Å²) in [4.78, 5) is 2.55. The van der Waals surface area contributed by atoms with E-state index in [1.54, 1.807) is 6.07 Å². The fraction of sp³-hybridized carbons (Fsp3) is 0.481. The van der Waals surface area contributed by atoms with Gasteiger partial charge in [-0.05, 0) is 71.0 Å². The predicted octanol–water partition coefficient (Wildman–Crippen LogP) is 6.42. The maximum absolute atomic E-state index is 13.6. The molecule has 1 fully saturated rings. The number of ether oxygens (including phenoxy) is 1. The molecule has 1 saturated carbocycles. The van der Waals surface area contributed by atoms with Crippen LogP contribution in [0.15, 0.2) is 36.4 Å². The molecule has 1 aromatic heterocycles. The predicted molar refractivity (Wildman–Crippen MR) is 133 cm³/mol. The van der Waals surface area contributed by atoms with E-state index in [9.17, 15) is 31.6 Å². The minimum absolute atomic E-state index is 0.00454. The van der Waals surface area contributed by atoms with Crippen LogP contribution in [0.5, 0.6) is 0 Å². The Morgan fingerprint density at radius 1 is 0.950 bits per heavy atom. The highest BCUT2D eigenvalue weighted by Crippen LogP contribution is 2.33. The molecule has 0 radical (unpaired) electrons.